The van der Waals surface area contributed by atoms with Crippen LogP contribution < -0.4 is 15.6 Å². The van der Waals surface area contributed by atoms with Crippen molar-refractivity contribution in [2.75, 3.05) is 37.3 Å². The first-order chi connectivity index (χ1) is 13.5. The van der Waals surface area contributed by atoms with Gasteiger partial charge in [-0.2, -0.15) is 8.42 Å². The Bertz CT molecular complexity index is 1130. The van der Waals surface area contributed by atoms with E-state index in [-0.39, 0.29) is 16.3 Å². The van der Waals surface area contributed by atoms with E-state index >= 15 is 0 Å². The highest BCUT2D eigenvalue weighted by molar-refractivity contribution is 8.00. The number of carboxylic acids is 1. The van der Waals surface area contributed by atoms with Crippen molar-refractivity contribution in [1.29, 1.82) is 0 Å². The Kier molecular flexibility index (Phi) is 5.90. The molecule has 0 amide bonds. The molecule has 2 aliphatic rings. The number of benzene rings is 1. The van der Waals surface area contributed by atoms with Crippen molar-refractivity contribution >= 4 is 44.4 Å². The monoisotopic (exact) mass is 445 g/mol. The first-order valence-electron chi connectivity index (χ1n) is 8.69. The first-order valence-corrected chi connectivity index (χ1v) is 11.4. The van der Waals surface area contributed by atoms with Gasteiger partial charge in [0.25, 0.3) is 10.1 Å². The predicted octanol–water partition coefficient (Wildman–Crippen LogP) is 1.38. The number of hydrogen-bond donors (Lipinski definition) is 3. The van der Waals surface area contributed by atoms with Crippen LogP contribution in [-0.2, 0) is 10.1 Å². The Balaban J connectivity index is 0.000000431. The van der Waals surface area contributed by atoms with E-state index in [4.69, 9.17) is 4.55 Å². The van der Waals surface area contributed by atoms with Crippen LogP contribution in [-0.4, -0.2) is 61.0 Å². The lowest BCUT2D eigenvalue weighted by atomic mass is 10.1. The third-order valence-corrected chi connectivity index (χ3v) is 5.72. The van der Waals surface area contributed by atoms with Gasteiger partial charge in [0.2, 0.25) is 5.43 Å². The van der Waals surface area contributed by atoms with Crippen molar-refractivity contribution in [2.24, 2.45) is 0 Å². The zero-order valence-corrected chi connectivity index (χ0v) is 17.3. The molecular weight excluding hydrogens is 425 g/mol. The largest absolute Gasteiger partial charge is 0.477 e. The number of piperazine rings is 1. The summed E-state index contributed by atoms with van der Waals surface area (Å²) < 4.78 is 42.3. The molecule has 0 saturated carbocycles. The molecule has 29 heavy (non-hydrogen) atoms. The lowest BCUT2D eigenvalue weighted by molar-refractivity contribution is 0.0689. The van der Waals surface area contributed by atoms with E-state index in [0.717, 1.165) is 13.1 Å². The molecule has 0 radical (unpaired) electrons. The minimum Gasteiger partial charge on any atom is -0.477 e. The molecular formula is C17H20FN3O6S2. The van der Waals surface area contributed by atoms with Gasteiger partial charge in [-0.25, -0.2) is 9.18 Å². The molecule has 1 aromatic heterocycles. The maximum atomic E-state index is 14.6. The molecule has 3 heterocycles. The normalized spacial score (nSPS) is 18.5. The van der Waals surface area contributed by atoms with Crippen LogP contribution in [0.5, 0.6) is 0 Å². The first kappa shape index (κ1) is 21.6. The smallest absolute Gasteiger partial charge is 0.342 e. The van der Waals surface area contributed by atoms with Crippen molar-refractivity contribution in [3.8, 4) is 0 Å². The fourth-order valence-electron chi connectivity index (χ4n) is 3.37. The van der Waals surface area contributed by atoms with Gasteiger partial charge in [0.15, 0.2) is 0 Å². The van der Waals surface area contributed by atoms with Crippen molar-refractivity contribution < 1.29 is 27.3 Å². The Morgan fingerprint density at radius 1 is 1.31 bits per heavy atom. The summed E-state index contributed by atoms with van der Waals surface area (Å²) in [6, 6.07) is 2.87. The molecule has 2 aromatic rings. The van der Waals surface area contributed by atoms with Gasteiger partial charge in [0, 0.05) is 31.6 Å². The summed E-state index contributed by atoms with van der Waals surface area (Å²) in [6.07, 6.45) is 0.715. The van der Waals surface area contributed by atoms with E-state index < -0.39 is 27.3 Å². The topological polar surface area (TPSA) is 129 Å². The quantitative estimate of drug-likeness (QED) is 0.587. The highest BCUT2D eigenvalue weighted by Crippen LogP contribution is 2.46. The lowest BCUT2D eigenvalue weighted by Gasteiger charge is -2.34. The fraction of sp³-hybridized carbons (Fsp3) is 0.412. The van der Waals surface area contributed by atoms with Crippen molar-refractivity contribution in [1.82, 2.24) is 9.88 Å². The summed E-state index contributed by atoms with van der Waals surface area (Å²) in [6.45, 7) is 4.87. The van der Waals surface area contributed by atoms with Gasteiger partial charge in [0.05, 0.1) is 27.9 Å². The third-order valence-electron chi connectivity index (χ3n) is 4.55. The summed E-state index contributed by atoms with van der Waals surface area (Å²) >= 11 is 1.35. The summed E-state index contributed by atoms with van der Waals surface area (Å²) in [7, 11) is -3.67. The number of fused-ring (bicyclic) bond motifs is 3. The van der Waals surface area contributed by atoms with Crippen LogP contribution in [0.15, 0.2) is 22.0 Å². The van der Waals surface area contributed by atoms with Crippen molar-refractivity contribution in [3.63, 3.8) is 0 Å². The number of rotatable bonds is 2. The van der Waals surface area contributed by atoms with Crippen LogP contribution in [0.2, 0.25) is 0 Å². The van der Waals surface area contributed by atoms with Crippen LogP contribution in [0.1, 0.15) is 22.7 Å². The molecule has 2 aliphatic heterocycles. The number of halogens is 1. The second-order valence-electron chi connectivity index (χ2n) is 6.69. The molecule has 3 N–H and O–H groups in total. The number of aromatic carboxylic acids is 1. The van der Waals surface area contributed by atoms with E-state index in [0.29, 0.717) is 35.6 Å². The highest BCUT2D eigenvalue weighted by atomic mass is 32.2. The van der Waals surface area contributed by atoms with Gasteiger partial charge in [-0.15, -0.1) is 0 Å². The second kappa shape index (κ2) is 7.94. The maximum absolute atomic E-state index is 14.6. The number of carbonyl (C=O) groups is 1. The van der Waals surface area contributed by atoms with Gasteiger partial charge in [-0.05, 0) is 19.1 Å². The van der Waals surface area contributed by atoms with Crippen LogP contribution in [0.25, 0.3) is 10.9 Å². The predicted molar refractivity (Wildman–Crippen MR) is 108 cm³/mol. The Morgan fingerprint density at radius 2 is 1.90 bits per heavy atom. The summed E-state index contributed by atoms with van der Waals surface area (Å²) in [5, 5.41) is 13.2. The lowest BCUT2D eigenvalue weighted by Crippen LogP contribution is -2.44. The van der Waals surface area contributed by atoms with Crippen LogP contribution in [0, 0.1) is 5.82 Å². The molecule has 0 unspecified atom stereocenters. The number of pyridine rings is 1. The van der Waals surface area contributed by atoms with E-state index in [1.807, 2.05) is 16.4 Å². The minimum absolute atomic E-state index is 0.0162. The number of nitrogens with one attached hydrogen (secondary N) is 1. The van der Waals surface area contributed by atoms with Gasteiger partial charge in [-0.1, -0.05) is 11.8 Å². The van der Waals surface area contributed by atoms with Gasteiger partial charge >= 0.3 is 5.97 Å². The van der Waals surface area contributed by atoms with E-state index in [1.54, 1.807) is 6.07 Å². The number of hydrogen-bond acceptors (Lipinski definition) is 7. The van der Waals surface area contributed by atoms with E-state index in [9.17, 15) is 27.5 Å². The standard InChI is InChI=1S/C16H16FN3O3S.CH4O3S/c1-8-20-11-7-12(19-4-2-18-3-5-19)10(17)6-9(11)14(21)13(16(22)23)15(20)24-8;1-5(2,3)4/h6-8,18H,2-5H2,1H3,(H,22,23);1H3,(H,2,3,4)/t8-;/m0./s1. The maximum Gasteiger partial charge on any atom is 0.342 e. The number of thioether (sulfide) groups is 1. The summed E-state index contributed by atoms with van der Waals surface area (Å²) in [5.74, 6) is -1.75. The molecule has 1 saturated heterocycles. The fourth-order valence-corrected chi connectivity index (χ4v) is 4.53. The van der Waals surface area contributed by atoms with E-state index in [1.165, 1.54) is 17.8 Å². The SMILES string of the molecule is CS(=O)(=O)O.C[C@@H]1Sc2c(C(=O)O)c(=O)c3cc(F)c(N4CCNCC4)cc3n21. The van der Waals surface area contributed by atoms with Crippen LogP contribution >= 0.6 is 11.8 Å². The Morgan fingerprint density at radius 3 is 2.41 bits per heavy atom. The zero-order valence-electron chi connectivity index (χ0n) is 15.7. The molecule has 0 bridgehead atoms. The number of carboxylic acid groups (broad SMARTS) is 1. The minimum atomic E-state index is -3.67. The molecule has 12 heteroatoms. The van der Waals surface area contributed by atoms with Gasteiger partial charge in [-0.3, -0.25) is 9.35 Å². The van der Waals surface area contributed by atoms with Crippen molar-refractivity contribution in [2.45, 2.75) is 17.3 Å². The Hall–Kier alpha value is -2.15. The van der Waals surface area contributed by atoms with Crippen LogP contribution in [0.4, 0.5) is 10.1 Å². The van der Waals surface area contributed by atoms with Gasteiger partial charge in [0.1, 0.15) is 11.4 Å². The number of anilines is 1. The molecule has 9 nitrogen and oxygen atoms in total. The molecule has 1 atom stereocenters. The Labute approximate surface area is 170 Å². The van der Waals surface area contributed by atoms with Crippen LogP contribution in [0.3, 0.4) is 0 Å². The molecule has 4 rings (SSSR count). The summed E-state index contributed by atoms with van der Waals surface area (Å²) in [5.41, 5.74) is 0.181. The van der Waals surface area contributed by atoms with Crippen molar-refractivity contribution in [3.05, 3.63) is 33.7 Å². The average molecular weight is 445 g/mol. The molecule has 1 aromatic carbocycles. The molecule has 158 valence electrons. The molecule has 0 aliphatic carbocycles. The summed E-state index contributed by atoms with van der Waals surface area (Å²) in [4.78, 5) is 25.9. The highest BCUT2D eigenvalue weighted by Gasteiger charge is 2.33. The number of aromatic nitrogens is 1. The average Bonchev–Trinajstić information content (AvgIpc) is 2.60. The third kappa shape index (κ3) is 4.39. The molecule has 1 fully saturated rings. The van der Waals surface area contributed by atoms with E-state index in [2.05, 4.69) is 5.32 Å². The number of nitrogens with zero attached hydrogens (tertiary/aromatic N) is 2. The van der Waals surface area contributed by atoms with Gasteiger partial charge < -0.3 is 19.9 Å². The zero-order chi connectivity index (χ0) is 21.5. The second-order valence-corrected chi connectivity index (χ2v) is 9.46. The molecule has 0 spiro atoms.